The van der Waals surface area contributed by atoms with E-state index in [0.29, 0.717) is 13.0 Å². The van der Waals surface area contributed by atoms with Crippen molar-refractivity contribution in [1.82, 2.24) is 0 Å². The molecule has 3 aromatic rings. The molecule has 0 spiro atoms. The topological polar surface area (TPSA) is 68.2 Å². The van der Waals surface area contributed by atoms with Crippen molar-refractivity contribution in [3.8, 4) is 17.2 Å². The van der Waals surface area contributed by atoms with Gasteiger partial charge in [-0.15, -0.1) is 0 Å². The van der Waals surface area contributed by atoms with Crippen molar-refractivity contribution in [2.24, 2.45) is 0 Å². The summed E-state index contributed by atoms with van der Waals surface area (Å²) in [7, 11) is 1.67. The van der Waals surface area contributed by atoms with E-state index in [0.717, 1.165) is 72.8 Å². The van der Waals surface area contributed by atoms with Gasteiger partial charge in [0, 0.05) is 35.7 Å². The first-order valence-corrected chi connectivity index (χ1v) is 16.1. The number of unbranched alkanes of at least 4 members (excludes halogenated alkanes) is 2. The summed E-state index contributed by atoms with van der Waals surface area (Å²) in [6.07, 6.45) is 12.8. The Morgan fingerprint density at radius 2 is 1.82 bits per heavy atom. The molecule has 0 fully saturated rings. The SMILES string of the molecule is COc1ccc(COc2ccc3c(c2)OC2=C(/C=C/C4N(CCCCCC(=O)O)c5ccccc5C4(C)C)CCCC2=C3)cc1. The Morgan fingerprint density at radius 1 is 1.02 bits per heavy atom. The summed E-state index contributed by atoms with van der Waals surface area (Å²) in [5.41, 5.74) is 7.21. The first-order chi connectivity index (χ1) is 21.8. The van der Waals surface area contributed by atoms with Crippen molar-refractivity contribution < 1.29 is 24.1 Å². The fraction of sp³-hybridized carbons (Fsp3) is 0.359. The van der Waals surface area contributed by atoms with Crippen LogP contribution in [-0.2, 0) is 16.8 Å². The third kappa shape index (κ3) is 6.65. The van der Waals surface area contributed by atoms with E-state index in [1.165, 1.54) is 22.4 Å². The van der Waals surface area contributed by atoms with Gasteiger partial charge in [-0.25, -0.2) is 0 Å². The van der Waals surface area contributed by atoms with E-state index in [2.05, 4.69) is 67.3 Å². The first kappa shape index (κ1) is 30.6. The molecule has 0 saturated heterocycles. The van der Waals surface area contributed by atoms with Crippen LogP contribution in [0.2, 0.25) is 0 Å². The van der Waals surface area contributed by atoms with Crippen LogP contribution in [-0.4, -0.2) is 30.8 Å². The summed E-state index contributed by atoms with van der Waals surface area (Å²) in [5.74, 6) is 2.69. The molecule has 0 saturated carbocycles. The molecule has 0 bridgehead atoms. The van der Waals surface area contributed by atoms with Crippen LogP contribution in [0.5, 0.6) is 17.2 Å². The predicted octanol–water partition coefficient (Wildman–Crippen LogP) is 8.86. The Labute approximate surface area is 266 Å². The standard InChI is InChI=1S/C39H43NO5/c1-39(2)33-12-6-7-13-34(33)40(23-8-4-5-14-37(41)42)36(39)22-18-28-10-9-11-30-24-29-17-21-32(25-35(29)45-38(28)30)44-26-27-15-19-31(43-3)20-16-27/h6-7,12-13,15-22,24-25,36H,4-5,8-11,14,23,26H2,1-3H3,(H,41,42)/b22-18+. The van der Waals surface area contributed by atoms with Crippen LogP contribution in [0.15, 0.2) is 95.8 Å². The van der Waals surface area contributed by atoms with Crippen LogP contribution in [0.1, 0.15) is 75.5 Å². The minimum Gasteiger partial charge on any atom is -0.497 e. The van der Waals surface area contributed by atoms with E-state index < -0.39 is 5.97 Å². The molecule has 0 aromatic heterocycles. The van der Waals surface area contributed by atoms with E-state index >= 15 is 0 Å². The largest absolute Gasteiger partial charge is 0.497 e. The van der Waals surface area contributed by atoms with Crippen molar-refractivity contribution in [2.45, 2.75) is 76.9 Å². The number of hydrogen-bond donors (Lipinski definition) is 1. The second-order valence-electron chi connectivity index (χ2n) is 12.8. The number of allylic oxidation sites excluding steroid dienone is 3. The number of methoxy groups -OCH3 is 1. The first-order valence-electron chi connectivity index (χ1n) is 16.1. The molecule has 6 rings (SSSR count). The average molecular weight is 606 g/mol. The number of carboxylic acids is 1. The van der Waals surface area contributed by atoms with Crippen LogP contribution >= 0.6 is 0 Å². The summed E-state index contributed by atoms with van der Waals surface area (Å²) < 4.78 is 18.0. The summed E-state index contributed by atoms with van der Waals surface area (Å²) in [4.78, 5) is 13.5. The van der Waals surface area contributed by atoms with Gasteiger partial charge in [-0.05, 0) is 90.8 Å². The average Bonchev–Trinajstić information content (AvgIpc) is 3.26. The van der Waals surface area contributed by atoms with Crippen LogP contribution in [0.25, 0.3) is 6.08 Å². The fourth-order valence-electron chi connectivity index (χ4n) is 6.84. The van der Waals surface area contributed by atoms with E-state index in [-0.39, 0.29) is 17.9 Å². The van der Waals surface area contributed by atoms with Crippen molar-refractivity contribution in [3.63, 3.8) is 0 Å². The second-order valence-corrected chi connectivity index (χ2v) is 12.8. The number of carbonyl (C=O) groups is 1. The van der Waals surface area contributed by atoms with Gasteiger partial charge >= 0.3 is 5.97 Å². The monoisotopic (exact) mass is 605 g/mol. The lowest BCUT2D eigenvalue weighted by Crippen LogP contribution is -2.40. The number of anilines is 1. The van der Waals surface area contributed by atoms with Gasteiger partial charge in [-0.1, -0.05) is 62.8 Å². The van der Waals surface area contributed by atoms with Crippen molar-refractivity contribution >= 4 is 17.7 Å². The zero-order chi connectivity index (χ0) is 31.4. The minimum absolute atomic E-state index is 0.0666. The van der Waals surface area contributed by atoms with Crippen molar-refractivity contribution in [2.75, 3.05) is 18.6 Å². The normalized spacial score (nSPS) is 18.2. The van der Waals surface area contributed by atoms with Gasteiger partial charge in [0.1, 0.15) is 29.6 Å². The van der Waals surface area contributed by atoms with E-state index in [4.69, 9.17) is 19.3 Å². The Bertz CT molecular complexity index is 1630. The molecule has 45 heavy (non-hydrogen) atoms. The number of aliphatic carboxylic acids is 1. The molecule has 3 aromatic carbocycles. The third-order valence-corrected chi connectivity index (χ3v) is 9.32. The molecule has 2 aliphatic heterocycles. The lowest BCUT2D eigenvalue weighted by molar-refractivity contribution is -0.137. The summed E-state index contributed by atoms with van der Waals surface area (Å²) in [6.45, 7) is 6.03. The molecular formula is C39H43NO5. The molecule has 1 atom stereocenters. The van der Waals surface area contributed by atoms with Gasteiger partial charge in [-0.3, -0.25) is 4.79 Å². The molecule has 234 valence electrons. The van der Waals surface area contributed by atoms with Gasteiger partial charge in [0.2, 0.25) is 0 Å². The number of fused-ring (bicyclic) bond motifs is 3. The van der Waals surface area contributed by atoms with Crippen molar-refractivity contribution in [1.29, 1.82) is 0 Å². The molecule has 0 radical (unpaired) electrons. The summed E-state index contributed by atoms with van der Waals surface area (Å²) in [5, 5.41) is 9.04. The molecule has 1 N–H and O–H groups in total. The number of ether oxygens (including phenoxy) is 3. The van der Waals surface area contributed by atoms with Gasteiger partial charge in [0.05, 0.1) is 13.2 Å². The van der Waals surface area contributed by atoms with Gasteiger partial charge in [-0.2, -0.15) is 0 Å². The number of hydrogen-bond acceptors (Lipinski definition) is 5. The van der Waals surface area contributed by atoms with Gasteiger partial charge < -0.3 is 24.2 Å². The number of para-hydroxylation sites is 1. The predicted molar refractivity (Wildman–Crippen MR) is 179 cm³/mol. The summed E-state index contributed by atoms with van der Waals surface area (Å²) in [6, 6.07) is 22.9. The third-order valence-electron chi connectivity index (χ3n) is 9.32. The van der Waals surface area contributed by atoms with E-state index in [9.17, 15) is 4.79 Å². The van der Waals surface area contributed by atoms with Gasteiger partial charge in [0.15, 0.2) is 0 Å². The lowest BCUT2D eigenvalue weighted by Gasteiger charge is -2.33. The van der Waals surface area contributed by atoms with Crippen LogP contribution in [0.4, 0.5) is 5.69 Å². The molecule has 0 amide bonds. The highest BCUT2D eigenvalue weighted by Crippen LogP contribution is 2.46. The molecular weight excluding hydrogens is 562 g/mol. The van der Waals surface area contributed by atoms with Crippen molar-refractivity contribution in [3.05, 3.63) is 112 Å². The molecule has 6 heteroatoms. The maximum atomic E-state index is 11.0. The quantitative estimate of drug-likeness (QED) is 0.208. The maximum Gasteiger partial charge on any atom is 0.303 e. The molecule has 2 heterocycles. The second kappa shape index (κ2) is 13.3. The number of benzene rings is 3. The number of carboxylic acid groups (broad SMARTS) is 1. The highest BCUT2D eigenvalue weighted by atomic mass is 16.5. The Balaban J connectivity index is 1.21. The minimum atomic E-state index is -0.719. The molecule has 1 aliphatic carbocycles. The smallest absolute Gasteiger partial charge is 0.303 e. The zero-order valence-electron chi connectivity index (χ0n) is 26.6. The van der Waals surface area contributed by atoms with Crippen LogP contribution in [0.3, 0.4) is 0 Å². The maximum absolute atomic E-state index is 11.0. The zero-order valence-corrected chi connectivity index (χ0v) is 26.6. The molecule has 1 unspecified atom stereocenters. The highest BCUT2D eigenvalue weighted by molar-refractivity contribution is 5.70. The van der Waals surface area contributed by atoms with E-state index in [1.807, 2.05) is 36.4 Å². The van der Waals surface area contributed by atoms with Crippen LogP contribution < -0.4 is 19.1 Å². The Kier molecular flexibility index (Phi) is 9.02. The number of nitrogens with zero attached hydrogens (tertiary/aromatic N) is 1. The lowest BCUT2D eigenvalue weighted by atomic mass is 9.80. The van der Waals surface area contributed by atoms with Crippen LogP contribution in [0, 0.1) is 0 Å². The van der Waals surface area contributed by atoms with E-state index in [1.54, 1.807) is 7.11 Å². The molecule has 3 aliphatic rings. The highest BCUT2D eigenvalue weighted by Gasteiger charge is 2.42. The fourth-order valence-corrected chi connectivity index (χ4v) is 6.84. The Hall–Kier alpha value is -4.45. The summed E-state index contributed by atoms with van der Waals surface area (Å²) >= 11 is 0. The Morgan fingerprint density at radius 3 is 2.62 bits per heavy atom. The van der Waals surface area contributed by atoms with Gasteiger partial charge in [0.25, 0.3) is 0 Å². The molecule has 6 nitrogen and oxygen atoms in total. The number of rotatable bonds is 12.